The Labute approximate surface area is 323 Å². The fourth-order valence-electron chi connectivity index (χ4n) is 3.50. The summed E-state index contributed by atoms with van der Waals surface area (Å²) in [5.41, 5.74) is 1.05. The highest BCUT2D eigenvalue weighted by Crippen LogP contribution is 2.15. The molecule has 0 saturated carbocycles. The number of hydrogen-bond donors (Lipinski definition) is 3. The molecule has 0 aromatic rings. The molecule has 0 spiro atoms. The van der Waals surface area contributed by atoms with E-state index in [4.69, 9.17) is 45.5 Å². The predicted octanol–water partition coefficient (Wildman–Crippen LogP) is 3.68. The first-order valence-corrected chi connectivity index (χ1v) is 21.1. The van der Waals surface area contributed by atoms with E-state index in [1.807, 2.05) is 0 Å². The summed E-state index contributed by atoms with van der Waals surface area (Å²) >= 11 is 0. The van der Waals surface area contributed by atoms with Crippen LogP contribution in [0, 0.1) is 0 Å². The van der Waals surface area contributed by atoms with Crippen molar-refractivity contribution in [3.8, 4) is 0 Å². The van der Waals surface area contributed by atoms with Crippen LogP contribution in [-0.2, 0) is 59.9 Å². The third-order valence-corrected chi connectivity index (χ3v) is 12.4. The Hall–Kier alpha value is -3.64. The molecule has 0 saturated heterocycles. The molecule has 54 heavy (non-hydrogen) atoms. The maximum atomic E-state index is 11.4. The molecular weight excluding hydrogens is 747 g/mol. The number of hydrogen-bond acceptors (Lipinski definition) is 15. The summed E-state index contributed by atoms with van der Waals surface area (Å²) in [4.78, 5) is 55.6. The van der Waals surface area contributed by atoms with Gasteiger partial charge in [-0.25, -0.2) is 24.0 Å². The largest absolute Gasteiger partial charge is 0.500 e. The Morgan fingerprint density at radius 2 is 0.852 bits per heavy atom. The van der Waals surface area contributed by atoms with Gasteiger partial charge < -0.3 is 61.5 Å². The summed E-state index contributed by atoms with van der Waals surface area (Å²) in [5, 5.41) is 7.84. The van der Waals surface area contributed by atoms with E-state index in [0.29, 0.717) is 67.9 Å². The van der Waals surface area contributed by atoms with Gasteiger partial charge in [0.05, 0.1) is 13.2 Å². The van der Waals surface area contributed by atoms with Crippen LogP contribution < -0.4 is 16.0 Å². The van der Waals surface area contributed by atoms with E-state index in [9.17, 15) is 24.0 Å². The topological polar surface area (TPSA) is 214 Å². The number of alkyl carbamates (subject to hydrolysis) is 1. The van der Waals surface area contributed by atoms with Gasteiger partial charge in [0.15, 0.2) is 0 Å². The van der Waals surface area contributed by atoms with E-state index >= 15 is 0 Å². The molecular formula is C34H65N3O15Si2. The van der Waals surface area contributed by atoms with Gasteiger partial charge in [0.25, 0.3) is 0 Å². The highest BCUT2D eigenvalue weighted by Gasteiger charge is 2.37. The Morgan fingerprint density at radius 1 is 0.481 bits per heavy atom. The van der Waals surface area contributed by atoms with Crippen LogP contribution >= 0.6 is 0 Å². The third kappa shape index (κ3) is 28.8. The molecule has 0 rings (SSSR count). The van der Waals surface area contributed by atoms with Crippen molar-refractivity contribution in [3.63, 3.8) is 0 Å². The second kappa shape index (κ2) is 33.9. The minimum absolute atomic E-state index is 0.00778. The first-order chi connectivity index (χ1) is 25.5. The molecule has 0 aliphatic rings. The van der Waals surface area contributed by atoms with Crippen LogP contribution in [0.3, 0.4) is 0 Å². The summed E-state index contributed by atoms with van der Waals surface area (Å²) in [7, 11) is 4.14. The molecule has 0 bridgehead atoms. The fraction of sp³-hybridized carbons (Fsp3) is 0.676. The van der Waals surface area contributed by atoms with E-state index in [0.717, 1.165) is 12.8 Å². The zero-order valence-electron chi connectivity index (χ0n) is 33.9. The van der Waals surface area contributed by atoms with Crippen LogP contribution in [0.1, 0.15) is 53.4 Å². The van der Waals surface area contributed by atoms with Gasteiger partial charge in [-0.3, -0.25) is 0 Å². The van der Waals surface area contributed by atoms with Crippen molar-refractivity contribution < 1.29 is 69.5 Å². The fourth-order valence-corrected chi connectivity index (χ4v) is 6.91. The van der Waals surface area contributed by atoms with Crippen molar-refractivity contribution in [2.75, 3.05) is 88.7 Å². The van der Waals surface area contributed by atoms with E-state index in [1.54, 1.807) is 42.1 Å². The van der Waals surface area contributed by atoms with E-state index < -0.39 is 35.6 Å². The summed E-state index contributed by atoms with van der Waals surface area (Å²) in [5.74, 6) is -1.32. The Balaban J connectivity index is -0.000000737. The Bertz CT molecular complexity index is 1120. The smallest absolute Gasteiger partial charge is 0.462 e. The lowest BCUT2D eigenvalue weighted by Gasteiger charge is -2.24. The van der Waals surface area contributed by atoms with E-state index in [-0.39, 0.29) is 31.8 Å². The van der Waals surface area contributed by atoms with Crippen LogP contribution in [-0.4, -0.2) is 136 Å². The molecule has 0 aromatic carbocycles. The number of unbranched alkanes of at least 4 members (excludes halogenated alkanes) is 1. The highest BCUT2D eigenvalue weighted by molar-refractivity contribution is 6.60. The van der Waals surface area contributed by atoms with Gasteiger partial charge >= 0.3 is 47.6 Å². The molecule has 314 valence electrons. The average Bonchev–Trinajstić information content (AvgIpc) is 3.16. The summed E-state index contributed by atoms with van der Waals surface area (Å²) < 4.78 is 50.8. The van der Waals surface area contributed by atoms with Crippen molar-refractivity contribution in [1.82, 2.24) is 16.0 Å². The van der Waals surface area contributed by atoms with Crippen LogP contribution in [0.5, 0.6) is 0 Å². The highest BCUT2D eigenvalue weighted by atomic mass is 28.4. The lowest BCUT2D eigenvalue weighted by Crippen LogP contribution is -2.43. The molecule has 0 fully saturated rings. The minimum atomic E-state index is -2.60. The van der Waals surface area contributed by atoms with Gasteiger partial charge in [-0.2, -0.15) is 0 Å². The van der Waals surface area contributed by atoms with Crippen molar-refractivity contribution in [3.05, 3.63) is 36.5 Å². The van der Waals surface area contributed by atoms with Crippen LogP contribution in [0.15, 0.2) is 36.5 Å². The zero-order valence-corrected chi connectivity index (χ0v) is 35.9. The van der Waals surface area contributed by atoms with Gasteiger partial charge in [-0.15, -0.1) is 0 Å². The molecule has 0 atom stereocenters. The molecule has 20 heteroatoms. The monoisotopic (exact) mass is 811 g/mol. The number of carbonyl (C=O) groups excluding carboxylic acids is 5. The van der Waals surface area contributed by atoms with Gasteiger partial charge in [0.1, 0.15) is 19.8 Å². The van der Waals surface area contributed by atoms with E-state index in [1.165, 1.54) is 21.3 Å². The second-order valence-electron chi connectivity index (χ2n) is 11.1. The summed E-state index contributed by atoms with van der Waals surface area (Å²) in [6.07, 6.45) is 2.68. The molecule has 3 amide bonds. The van der Waals surface area contributed by atoms with Gasteiger partial charge in [0.2, 0.25) is 0 Å². The number of rotatable bonds is 26. The average molecular weight is 812 g/mol. The molecule has 0 unspecified atom stereocenters. The number of amides is 3. The van der Waals surface area contributed by atoms with Crippen LogP contribution in [0.25, 0.3) is 0 Å². The third-order valence-electron chi connectivity index (χ3n) is 6.69. The quantitative estimate of drug-likeness (QED) is 0.0374. The van der Waals surface area contributed by atoms with Gasteiger partial charge in [0, 0.05) is 84.6 Å². The lowest BCUT2D eigenvalue weighted by atomic mass is 10.3. The molecule has 0 aliphatic heterocycles. The maximum absolute atomic E-state index is 11.4. The number of esters is 3. The summed E-state index contributed by atoms with van der Waals surface area (Å²) in [6.45, 7) is 19.0. The van der Waals surface area contributed by atoms with Crippen LogP contribution in [0.4, 0.5) is 9.59 Å². The molecule has 0 heterocycles. The Morgan fingerprint density at radius 3 is 1.28 bits per heavy atom. The first kappa shape index (κ1) is 54.7. The minimum Gasteiger partial charge on any atom is -0.462 e. The van der Waals surface area contributed by atoms with Crippen molar-refractivity contribution in [2.24, 2.45) is 0 Å². The van der Waals surface area contributed by atoms with Crippen molar-refractivity contribution in [1.29, 1.82) is 0 Å². The zero-order chi connectivity index (χ0) is 42.0. The predicted molar refractivity (Wildman–Crippen MR) is 205 cm³/mol. The first-order valence-electron chi connectivity index (χ1n) is 17.2. The van der Waals surface area contributed by atoms with Crippen LogP contribution in [0.2, 0.25) is 12.1 Å². The van der Waals surface area contributed by atoms with Crippen molar-refractivity contribution >= 4 is 47.6 Å². The Kier molecular flexibility index (Phi) is 34.3. The molecule has 0 aromatic heterocycles. The van der Waals surface area contributed by atoms with Crippen molar-refractivity contribution in [2.45, 2.75) is 65.5 Å². The molecule has 0 radical (unpaired) electrons. The maximum Gasteiger partial charge on any atom is 0.500 e. The standard InChI is InChI=1S/C13H25NO7Si.C11H20N2O3.C10H20O5Si/c1-11(2)12(15)20-8-9-21-13(16)14-7-6-10-22(17-3,18-4)19-5;1-4-5-6-12-11(15)13-7-8-16-10(14)9(2)3;1-9(2)10(11)15-7-6-8-16(12-3,13-4)14-5/h1,6-10H2,2-5H3,(H,14,16);2,4-8H2,1,3H3,(H2,12,13,15);1,6-8H2,2-5H3. The molecule has 3 N–H and O–H groups in total. The van der Waals surface area contributed by atoms with E-state index in [2.05, 4.69) is 42.6 Å². The normalized spacial score (nSPS) is 10.6. The lowest BCUT2D eigenvalue weighted by molar-refractivity contribution is -0.140. The number of nitrogens with one attached hydrogen (secondary N) is 3. The van der Waals surface area contributed by atoms with Gasteiger partial charge in [-0.1, -0.05) is 33.1 Å². The molecule has 0 aliphatic carbocycles. The number of carbonyl (C=O) groups is 5. The second-order valence-corrected chi connectivity index (χ2v) is 17.3. The molecule has 18 nitrogen and oxygen atoms in total. The number of urea groups is 1. The summed E-state index contributed by atoms with van der Waals surface area (Å²) in [6, 6.07) is 0.951. The number of ether oxygens (including phenoxy) is 4. The SMILES string of the molecule is C=C(C)C(=O)OCCC[Si](OC)(OC)OC.C=C(C)C(=O)OCCNC(=O)NCCCC.C=C(C)C(=O)OCCOC(=O)NCCC[Si](OC)(OC)OC. The van der Waals surface area contributed by atoms with Gasteiger partial charge in [-0.05, 0) is 40.0 Å².